The van der Waals surface area contributed by atoms with Crippen LogP contribution in [-0.2, 0) is 4.84 Å². The second-order valence-corrected chi connectivity index (χ2v) is 2.73. The van der Waals surface area contributed by atoms with Gasteiger partial charge < -0.3 is 4.84 Å². The molecule has 12 heavy (non-hydrogen) atoms. The molecule has 64 valence electrons. The molecular weight excluding hydrogens is 150 g/mol. The molecule has 0 fully saturated rings. The highest BCUT2D eigenvalue weighted by atomic mass is 16.6. The molecule has 1 aromatic carbocycles. The van der Waals surface area contributed by atoms with Crippen LogP contribution in [-0.4, -0.2) is 12.8 Å². The van der Waals surface area contributed by atoms with Gasteiger partial charge in [-0.05, 0) is 19.4 Å². The van der Waals surface area contributed by atoms with Gasteiger partial charge in [-0.1, -0.05) is 35.0 Å². The van der Waals surface area contributed by atoms with Crippen molar-refractivity contribution in [3.8, 4) is 0 Å². The summed E-state index contributed by atoms with van der Waals surface area (Å²) in [5.41, 5.74) is 3.25. The molecule has 0 bridgehead atoms. The third-order valence-corrected chi connectivity index (χ3v) is 1.70. The minimum absolute atomic E-state index is 0.900. The Morgan fingerprint density at radius 1 is 1.25 bits per heavy atom. The number of hydrogen-bond acceptors (Lipinski definition) is 2. The van der Waals surface area contributed by atoms with Gasteiger partial charge in [-0.2, -0.15) is 0 Å². The Morgan fingerprint density at radius 3 is 2.33 bits per heavy atom. The summed E-state index contributed by atoms with van der Waals surface area (Å²) in [4.78, 5) is 4.68. The van der Waals surface area contributed by atoms with Crippen LogP contribution >= 0.6 is 0 Å². The minimum atomic E-state index is 0.900. The van der Waals surface area contributed by atoms with Gasteiger partial charge in [0.25, 0.3) is 0 Å². The highest BCUT2D eigenvalue weighted by Crippen LogP contribution is 2.04. The van der Waals surface area contributed by atoms with E-state index in [4.69, 9.17) is 0 Å². The highest BCUT2D eigenvalue weighted by Gasteiger charge is 1.95. The first-order chi connectivity index (χ1) is 5.74. The van der Waals surface area contributed by atoms with Gasteiger partial charge in [0, 0.05) is 0 Å². The zero-order valence-electron chi connectivity index (χ0n) is 7.66. The van der Waals surface area contributed by atoms with Crippen LogP contribution in [0.15, 0.2) is 29.4 Å². The Balaban J connectivity index is 2.89. The number of hydrogen-bond donors (Lipinski definition) is 0. The summed E-state index contributed by atoms with van der Waals surface area (Å²) in [6.07, 6.45) is 0. The molecule has 0 aliphatic carbocycles. The fraction of sp³-hybridized carbons (Fsp3) is 0.300. The zero-order chi connectivity index (χ0) is 8.97. The van der Waals surface area contributed by atoms with E-state index in [1.807, 2.05) is 19.1 Å². The molecule has 0 spiro atoms. The molecule has 0 saturated carbocycles. The molecule has 0 aliphatic heterocycles. The van der Waals surface area contributed by atoms with E-state index in [0.717, 1.165) is 11.3 Å². The second-order valence-electron chi connectivity index (χ2n) is 2.73. The Bertz CT molecular complexity index is 274. The molecule has 0 unspecified atom stereocenters. The fourth-order valence-electron chi connectivity index (χ4n) is 0.984. The van der Waals surface area contributed by atoms with E-state index in [9.17, 15) is 0 Å². The number of benzene rings is 1. The summed E-state index contributed by atoms with van der Waals surface area (Å²) in [6, 6.07) is 8.19. The number of nitrogens with zero attached hydrogens (tertiary/aromatic N) is 1. The van der Waals surface area contributed by atoms with E-state index in [-0.39, 0.29) is 0 Å². The molecule has 2 nitrogen and oxygen atoms in total. The highest BCUT2D eigenvalue weighted by molar-refractivity contribution is 5.98. The molecule has 0 amide bonds. The number of oxime groups is 1. The van der Waals surface area contributed by atoms with Crippen LogP contribution in [0.5, 0.6) is 0 Å². The Morgan fingerprint density at radius 2 is 1.83 bits per heavy atom. The van der Waals surface area contributed by atoms with Crippen LogP contribution in [0.3, 0.4) is 0 Å². The average molecular weight is 163 g/mol. The maximum absolute atomic E-state index is 4.68. The summed E-state index contributed by atoms with van der Waals surface area (Å²) in [5.74, 6) is 0. The summed E-state index contributed by atoms with van der Waals surface area (Å²) < 4.78 is 0. The summed E-state index contributed by atoms with van der Waals surface area (Å²) in [7, 11) is 1.55. The van der Waals surface area contributed by atoms with Crippen molar-refractivity contribution in [3.63, 3.8) is 0 Å². The lowest BCUT2D eigenvalue weighted by Crippen LogP contribution is -1.94. The number of aryl methyl sites for hydroxylation is 1. The maximum atomic E-state index is 4.68. The van der Waals surface area contributed by atoms with Crippen molar-refractivity contribution >= 4 is 5.71 Å². The summed E-state index contributed by atoms with van der Waals surface area (Å²) in [6.45, 7) is 3.99. The van der Waals surface area contributed by atoms with E-state index < -0.39 is 0 Å². The summed E-state index contributed by atoms with van der Waals surface area (Å²) in [5, 5.41) is 3.84. The van der Waals surface area contributed by atoms with Crippen molar-refractivity contribution < 1.29 is 4.84 Å². The van der Waals surface area contributed by atoms with Gasteiger partial charge >= 0.3 is 0 Å². The Hall–Kier alpha value is -1.31. The van der Waals surface area contributed by atoms with Crippen LogP contribution in [0.2, 0.25) is 0 Å². The van der Waals surface area contributed by atoms with Crippen LogP contribution < -0.4 is 0 Å². The van der Waals surface area contributed by atoms with Crippen LogP contribution in [0.4, 0.5) is 0 Å². The molecule has 1 rings (SSSR count). The van der Waals surface area contributed by atoms with E-state index in [1.165, 1.54) is 5.56 Å². The lowest BCUT2D eigenvalue weighted by Gasteiger charge is -1.99. The quantitative estimate of drug-likeness (QED) is 0.484. The average Bonchev–Trinajstić information content (AvgIpc) is 2.06. The van der Waals surface area contributed by atoms with Gasteiger partial charge in [-0.25, -0.2) is 0 Å². The summed E-state index contributed by atoms with van der Waals surface area (Å²) >= 11 is 0. The minimum Gasteiger partial charge on any atom is -0.399 e. The molecule has 0 heterocycles. The van der Waals surface area contributed by atoms with Crippen molar-refractivity contribution in [1.29, 1.82) is 0 Å². The molecule has 0 atom stereocenters. The van der Waals surface area contributed by atoms with Crippen molar-refractivity contribution in [2.75, 3.05) is 7.11 Å². The smallest absolute Gasteiger partial charge is 0.106 e. The molecule has 2 heteroatoms. The molecule has 0 N–H and O–H groups in total. The van der Waals surface area contributed by atoms with Gasteiger partial charge in [-0.3, -0.25) is 0 Å². The van der Waals surface area contributed by atoms with Gasteiger partial charge in [0.1, 0.15) is 7.11 Å². The largest absolute Gasteiger partial charge is 0.399 e. The van der Waals surface area contributed by atoms with Gasteiger partial charge in [-0.15, -0.1) is 0 Å². The second kappa shape index (κ2) is 3.90. The van der Waals surface area contributed by atoms with Crippen molar-refractivity contribution in [2.24, 2.45) is 5.16 Å². The predicted molar refractivity (Wildman–Crippen MR) is 50.4 cm³/mol. The third-order valence-electron chi connectivity index (χ3n) is 1.70. The van der Waals surface area contributed by atoms with E-state index in [2.05, 4.69) is 29.0 Å². The zero-order valence-corrected chi connectivity index (χ0v) is 7.66. The van der Waals surface area contributed by atoms with Gasteiger partial charge in [0.15, 0.2) is 0 Å². The van der Waals surface area contributed by atoms with E-state index >= 15 is 0 Å². The predicted octanol–water partition coefficient (Wildman–Crippen LogP) is 2.37. The molecule has 0 aromatic heterocycles. The third kappa shape index (κ3) is 2.09. The van der Waals surface area contributed by atoms with Crippen LogP contribution in [0.1, 0.15) is 18.1 Å². The van der Waals surface area contributed by atoms with Gasteiger partial charge in [0.05, 0.1) is 5.71 Å². The lowest BCUT2D eigenvalue weighted by molar-refractivity contribution is 0.213. The van der Waals surface area contributed by atoms with E-state index in [1.54, 1.807) is 7.11 Å². The molecular formula is C10H13NO. The Kier molecular flexibility index (Phi) is 2.86. The first-order valence-corrected chi connectivity index (χ1v) is 3.89. The molecule has 0 saturated heterocycles. The van der Waals surface area contributed by atoms with Gasteiger partial charge in [0.2, 0.25) is 0 Å². The van der Waals surface area contributed by atoms with Crippen molar-refractivity contribution in [1.82, 2.24) is 0 Å². The normalized spacial score (nSPS) is 11.4. The number of rotatable bonds is 2. The molecule has 0 radical (unpaired) electrons. The lowest BCUT2D eigenvalue weighted by atomic mass is 10.1. The first kappa shape index (κ1) is 8.78. The van der Waals surface area contributed by atoms with Crippen LogP contribution in [0, 0.1) is 6.92 Å². The topological polar surface area (TPSA) is 21.6 Å². The first-order valence-electron chi connectivity index (χ1n) is 3.89. The standard InChI is InChI=1S/C10H13NO/c1-8-4-6-10(7-5-8)9(2)11-12-3/h4-7H,1-3H3/b11-9+. The molecule has 1 aromatic rings. The molecule has 0 aliphatic rings. The van der Waals surface area contributed by atoms with E-state index in [0.29, 0.717) is 0 Å². The van der Waals surface area contributed by atoms with Crippen LogP contribution in [0.25, 0.3) is 0 Å². The SMILES string of the molecule is CO/N=C(\C)c1ccc(C)cc1. The Labute approximate surface area is 72.9 Å². The van der Waals surface area contributed by atoms with Crippen molar-refractivity contribution in [2.45, 2.75) is 13.8 Å². The van der Waals surface area contributed by atoms with Crippen molar-refractivity contribution in [3.05, 3.63) is 35.4 Å². The maximum Gasteiger partial charge on any atom is 0.106 e. The fourth-order valence-corrected chi connectivity index (χ4v) is 0.984. The monoisotopic (exact) mass is 163 g/mol.